The molecule has 4 rings (SSSR count). The third-order valence-corrected chi connectivity index (χ3v) is 5.46. The van der Waals surface area contributed by atoms with E-state index in [1.807, 2.05) is 25.3 Å². The van der Waals surface area contributed by atoms with Crippen LogP contribution in [0.4, 0.5) is 5.82 Å². The maximum atomic E-state index is 6.18. The largest absolute Gasteiger partial charge is 0.367 e. The number of ether oxygens (including phenoxy) is 1. The Morgan fingerprint density at radius 2 is 2.08 bits per heavy atom. The van der Waals surface area contributed by atoms with E-state index in [9.17, 15) is 0 Å². The second kappa shape index (κ2) is 7.13. The lowest BCUT2D eigenvalue weighted by atomic mass is 10.1. The van der Waals surface area contributed by atoms with E-state index in [4.69, 9.17) is 9.72 Å². The maximum absolute atomic E-state index is 6.18. The zero-order valence-electron chi connectivity index (χ0n) is 15.2. The van der Waals surface area contributed by atoms with E-state index in [-0.39, 0.29) is 12.2 Å². The van der Waals surface area contributed by atoms with Gasteiger partial charge in [0.25, 0.3) is 0 Å². The number of rotatable bonds is 3. The lowest BCUT2D eigenvalue weighted by Gasteiger charge is -2.38. The van der Waals surface area contributed by atoms with Crippen molar-refractivity contribution in [1.29, 1.82) is 0 Å². The van der Waals surface area contributed by atoms with Gasteiger partial charge < -0.3 is 9.64 Å². The summed E-state index contributed by atoms with van der Waals surface area (Å²) in [5.41, 5.74) is 4.30. The first kappa shape index (κ1) is 17.1. The van der Waals surface area contributed by atoms with Gasteiger partial charge in [-0.3, -0.25) is 4.98 Å². The minimum absolute atomic E-state index is 0.0708. The van der Waals surface area contributed by atoms with Crippen molar-refractivity contribution in [2.75, 3.05) is 18.0 Å². The van der Waals surface area contributed by atoms with Crippen molar-refractivity contribution in [1.82, 2.24) is 15.0 Å². The van der Waals surface area contributed by atoms with Gasteiger partial charge in [-0.1, -0.05) is 0 Å². The van der Waals surface area contributed by atoms with Gasteiger partial charge >= 0.3 is 0 Å². The van der Waals surface area contributed by atoms with Crippen LogP contribution >= 0.6 is 11.3 Å². The van der Waals surface area contributed by atoms with Crippen molar-refractivity contribution in [2.45, 2.75) is 33.0 Å². The number of morpholine rings is 1. The number of anilines is 1. The molecule has 0 spiro atoms. The third-order valence-electron chi connectivity index (χ3n) is 4.76. The van der Waals surface area contributed by atoms with Crippen LogP contribution < -0.4 is 4.90 Å². The SMILES string of the molecule is Cc1nc(-c2cccnc2)nc(N2CC(C)OC(c3ccsc3)C2)c1C. The summed E-state index contributed by atoms with van der Waals surface area (Å²) in [6, 6.07) is 6.05. The van der Waals surface area contributed by atoms with Gasteiger partial charge in [0.05, 0.1) is 6.10 Å². The number of pyridine rings is 1. The predicted molar refractivity (Wildman–Crippen MR) is 105 cm³/mol. The minimum atomic E-state index is 0.0708. The maximum Gasteiger partial charge on any atom is 0.163 e. The first-order chi connectivity index (χ1) is 12.6. The smallest absolute Gasteiger partial charge is 0.163 e. The molecule has 1 saturated heterocycles. The molecule has 4 heterocycles. The number of hydrogen-bond donors (Lipinski definition) is 0. The highest BCUT2D eigenvalue weighted by atomic mass is 32.1. The standard InChI is InChI=1S/C20H22N4OS/c1-13-10-24(11-18(25-13)17-6-8-26-12-17)20-14(2)15(3)22-19(23-20)16-5-4-7-21-9-16/h4-9,12-13,18H,10-11H2,1-3H3. The molecule has 2 unspecified atom stereocenters. The molecular formula is C20H22N4OS. The number of nitrogens with zero attached hydrogens (tertiary/aromatic N) is 4. The molecule has 0 amide bonds. The number of hydrogen-bond acceptors (Lipinski definition) is 6. The summed E-state index contributed by atoms with van der Waals surface area (Å²) in [4.78, 5) is 16.1. The summed E-state index contributed by atoms with van der Waals surface area (Å²) in [7, 11) is 0. The topological polar surface area (TPSA) is 51.1 Å². The average Bonchev–Trinajstić information content (AvgIpc) is 3.19. The third kappa shape index (κ3) is 3.34. The van der Waals surface area contributed by atoms with Crippen molar-refractivity contribution in [3.63, 3.8) is 0 Å². The fourth-order valence-electron chi connectivity index (χ4n) is 3.31. The fraction of sp³-hybridized carbons (Fsp3) is 0.350. The minimum Gasteiger partial charge on any atom is -0.367 e. The number of aryl methyl sites for hydroxylation is 1. The van der Waals surface area contributed by atoms with Crippen LogP contribution in [0.15, 0.2) is 41.4 Å². The first-order valence-electron chi connectivity index (χ1n) is 8.80. The van der Waals surface area contributed by atoms with Gasteiger partial charge in [-0.2, -0.15) is 11.3 Å². The van der Waals surface area contributed by atoms with Crippen LogP contribution in [0.3, 0.4) is 0 Å². The van der Waals surface area contributed by atoms with E-state index < -0.39 is 0 Å². The molecule has 0 saturated carbocycles. The van der Waals surface area contributed by atoms with E-state index >= 15 is 0 Å². The van der Waals surface area contributed by atoms with Gasteiger partial charge in [0.15, 0.2) is 5.82 Å². The molecule has 1 aliphatic rings. The second-order valence-electron chi connectivity index (χ2n) is 6.72. The van der Waals surface area contributed by atoms with Crippen LogP contribution in [0, 0.1) is 13.8 Å². The van der Waals surface area contributed by atoms with Crippen LogP contribution in [0.2, 0.25) is 0 Å². The zero-order chi connectivity index (χ0) is 18.1. The molecule has 0 aliphatic carbocycles. The fourth-order valence-corrected chi connectivity index (χ4v) is 4.01. The van der Waals surface area contributed by atoms with Crippen molar-refractivity contribution in [3.05, 3.63) is 58.2 Å². The van der Waals surface area contributed by atoms with E-state index in [1.165, 1.54) is 5.56 Å². The van der Waals surface area contributed by atoms with Crippen molar-refractivity contribution >= 4 is 17.2 Å². The normalized spacial score (nSPS) is 20.3. The van der Waals surface area contributed by atoms with Crippen LogP contribution in [0.25, 0.3) is 11.4 Å². The summed E-state index contributed by atoms with van der Waals surface area (Å²) >= 11 is 1.71. The lowest BCUT2D eigenvalue weighted by molar-refractivity contribution is -0.0174. The van der Waals surface area contributed by atoms with Gasteiger partial charge in [-0.25, -0.2) is 9.97 Å². The number of aromatic nitrogens is 3. The molecule has 3 aromatic heterocycles. The van der Waals surface area contributed by atoms with Crippen molar-refractivity contribution in [3.8, 4) is 11.4 Å². The molecule has 134 valence electrons. The predicted octanol–water partition coefficient (Wildman–Crippen LogP) is 4.18. The summed E-state index contributed by atoms with van der Waals surface area (Å²) in [6.07, 6.45) is 3.79. The molecule has 0 bridgehead atoms. The Hall–Kier alpha value is -2.31. The summed E-state index contributed by atoms with van der Waals surface area (Å²) < 4.78 is 6.18. The highest BCUT2D eigenvalue weighted by Gasteiger charge is 2.29. The molecular weight excluding hydrogens is 344 g/mol. The Morgan fingerprint density at radius 1 is 1.19 bits per heavy atom. The van der Waals surface area contributed by atoms with Gasteiger partial charge in [0.1, 0.15) is 11.9 Å². The van der Waals surface area contributed by atoms with E-state index in [0.717, 1.165) is 41.6 Å². The van der Waals surface area contributed by atoms with Crippen LogP contribution in [-0.2, 0) is 4.74 Å². The van der Waals surface area contributed by atoms with E-state index in [1.54, 1.807) is 17.5 Å². The van der Waals surface area contributed by atoms with Crippen molar-refractivity contribution < 1.29 is 4.74 Å². The van der Waals surface area contributed by atoms with E-state index in [2.05, 4.69) is 45.5 Å². The quantitative estimate of drug-likeness (QED) is 0.696. The molecule has 26 heavy (non-hydrogen) atoms. The highest BCUT2D eigenvalue weighted by Crippen LogP contribution is 2.32. The Labute approximate surface area is 157 Å². The zero-order valence-corrected chi connectivity index (χ0v) is 16.0. The monoisotopic (exact) mass is 366 g/mol. The van der Waals surface area contributed by atoms with Gasteiger partial charge in [-0.05, 0) is 55.3 Å². The van der Waals surface area contributed by atoms with Gasteiger partial charge in [0, 0.05) is 42.3 Å². The summed E-state index contributed by atoms with van der Waals surface area (Å²) in [5, 5.41) is 4.27. The molecule has 1 fully saturated rings. The molecule has 2 atom stereocenters. The van der Waals surface area contributed by atoms with Crippen LogP contribution in [0.5, 0.6) is 0 Å². The second-order valence-corrected chi connectivity index (χ2v) is 7.50. The molecule has 0 N–H and O–H groups in total. The Morgan fingerprint density at radius 3 is 2.81 bits per heavy atom. The molecule has 0 aromatic carbocycles. The molecule has 1 aliphatic heterocycles. The summed E-state index contributed by atoms with van der Waals surface area (Å²) in [5.74, 6) is 1.72. The van der Waals surface area contributed by atoms with Crippen LogP contribution in [0.1, 0.15) is 29.8 Å². The van der Waals surface area contributed by atoms with Gasteiger partial charge in [0.2, 0.25) is 0 Å². The van der Waals surface area contributed by atoms with Crippen LogP contribution in [-0.4, -0.2) is 34.1 Å². The molecule has 6 heteroatoms. The summed E-state index contributed by atoms with van der Waals surface area (Å²) in [6.45, 7) is 7.88. The highest BCUT2D eigenvalue weighted by molar-refractivity contribution is 7.07. The molecule has 3 aromatic rings. The molecule has 5 nitrogen and oxygen atoms in total. The Bertz CT molecular complexity index is 882. The Balaban J connectivity index is 1.71. The van der Waals surface area contributed by atoms with E-state index in [0.29, 0.717) is 0 Å². The van der Waals surface area contributed by atoms with Crippen molar-refractivity contribution in [2.24, 2.45) is 0 Å². The lowest BCUT2D eigenvalue weighted by Crippen LogP contribution is -2.43. The molecule has 0 radical (unpaired) electrons. The average molecular weight is 366 g/mol. The number of thiophene rings is 1. The first-order valence-corrected chi connectivity index (χ1v) is 9.74. The Kier molecular flexibility index (Phi) is 4.70. The van der Waals surface area contributed by atoms with Gasteiger partial charge in [-0.15, -0.1) is 0 Å².